The molecule has 0 aliphatic rings. The molecule has 1 N–H and O–H groups in total. The van der Waals surface area contributed by atoms with Crippen molar-refractivity contribution < 1.29 is 5.11 Å². The van der Waals surface area contributed by atoms with Crippen LogP contribution in [0.1, 0.15) is 130 Å². The Balaban J connectivity index is 0. The average molecular weight is 315 g/mol. The summed E-state index contributed by atoms with van der Waals surface area (Å²) in [5.74, 6) is 0. The van der Waals surface area contributed by atoms with Gasteiger partial charge in [-0.3, -0.25) is 0 Å². The Morgan fingerprint density at radius 3 is 0.773 bits per heavy atom. The first-order chi connectivity index (χ1) is 10.8. The molecule has 0 aromatic carbocycles. The van der Waals surface area contributed by atoms with Gasteiger partial charge in [-0.05, 0) is 6.42 Å². The molecule has 0 heterocycles. The monoisotopic (exact) mass is 314 g/mol. The summed E-state index contributed by atoms with van der Waals surface area (Å²) < 4.78 is 0. The lowest BCUT2D eigenvalue weighted by Crippen LogP contribution is -1.82. The van der Waals surface area contributed by atoms with Gasteiger partial charge in [0.15, 0.2) is 0 Å². The number of hydrogen-bond donors (Lipinski definition) is 1. The topological polar surface area (TPSA) is 20.2 Å². The van der Waals surface area contributed by atoms with Gasteiger partial charge >= 0.3 is 0 Å². The molecule has 0 aliphatic carbocycles. The molecule has 0 spiro atoms. The average Bonchev–Trinajstić information content (AvgIpc) is 2.54. The van der Waals surface area contributed by atoms with Gasteiger partial charge in [0.05, 0.1) is 0 Å². The summed E-state index contributed by atoms with van der Waals surface area (Å²) in [6.45, 7) is 7.06. The summed E-state index contributed by atoms with van der Waals surface area (Å²) in [4.78, 5) is 0. The Morgan fingerprint density at radius 1 is 0.364 bits per heavy atom. The molecule has 1 heteroatoms. The second-order valence-electron chi connectivity index (χ2n) is 6.67. The van der Waals surface area contributed by atoms with Gasteiger partial charge in [0.2, 0.25) is 0 Å². The van der Waals surface area contributed by atoms with Crippen molar-refractivity contribution in [2.24, 2.45) is 0 Å². The number of aliphatic hydroxyl groups excluding tert-OH is 1. The van der Waals surface area contributed by atoms with Gasteiger partial charge in [0, 0.05) is 6.61 Å². The lowest BCUT2D eigenvalue weighted by molar-refractivity contribution is 0.284. The third-order valence-electron chi connectivity index (χ3n) is 4.22. The predicted octanol–water partition coefficient (Wildman–Crippen LogP) is 7.66. The smallest absolute Gasteiger partial charge is 0.0431 e. The molecule has 0 radical (unpaired) electrons. The van der Waals surface area contributed by atoms with Crippen LogP contribution in [0.25, 0.3) is 0 Å². The van der Waals surface area contributed by atoms with E-state index >= 15 is 0 Å². The number of hydrogen-bond acceptors (Lipinski definition) is 1. The standard InChI is InChI=1S/C16H34.C5H12O/c1-3-5-7-9-11-13-15-16-14-12-10-8-6-4-2;1-2-3-4-5-6/h3-16H2,1-2H3;6H,2-5H2,1H3. The van der Waals surface area contributed by atoms with Crippen LogP contribution in [0.2, 0.25) is 0 Å². The van der Waals surface area contributed by atoms with Crippen molar-refractivity contribution in [3.8, 4) is 0 Å². The molecule has 0 atom stereocenters. The first-order valence-electron chi connectivity index (χ1n) is 10.4. The highest BCUT2D eigenvalue weighted by Gasteiger charge is 1.92. The van der Waals surface area contributed by atoms with Crippen LogP contribution in [-0.4, -0.2) is 11.7 Å². The van der Waals surface area contributed by atoms with Crippen molar-refractivity contribution in [3.63, 3.8) is 0 Å². The van der Waals surface area contributed by atoms with E-state index in [0.29, 0.717) is 6.61 Å². The van der Waals surface area contributed by atoms with E-state index in [1.807, 2.05) is 0 Å². The summed E-state index contributed by atoms with van der Waals surface area (Å²) >= 11 is 0. The van der Waals surface area contributed by atoms with Gasteiger partial charge < -0.3 is 5.11 Å². The summed E-state index contributed by atoms with van der Waals surface area (Å²) in [6, 6.07) is 0. The van der Waals surface area contributed by atoms with E-state index in [9.17, 15) is 0 Å². The van der Waals surface area contributed by atoms with Gasteiger partial charge in [-0.15, -0.1) is 0 Å². The molecule has 0 saturated heterocycles. The summed E-state index contributed by atoms with van der Waals surface area (Å²) in [7, 11) is 0. The second-order valence-corrected chi connectivity index (χ2v) is 6.67. The van der Waals surface area contributed by atoms with Gasteiger partial charge in [-0.1, -0.05) is 124 Å². The summed E-state index contributed by atoms with van der Waals surface area (Å²) in [6.07, 6.45) is 23.7. The van der Waals surface area contributed by atoms with Gasteiger partial charge in [0.25, 0.3) is 0 Å². The van der Waals surface area contributed by atoms with E-state index in [-0.39, 0.29) is 0 Å². The lowest BCUT2D eigenvalue weighted by Gasteiger charge is -2.02. The highest BCUT2D eigenvalue weighted by molar-refractivity contribution is 4.48. The Labute approximate surface area is 142 Å². The predicted molar refractivity (Wildman–Crippen MR) is 103 cm³/mol. The van der Waals surface area contributed by atoms with Crippen LogP contribution >= 0.6 is 0 Å². The minimum absolute atomic E-state index is 0.355. The second kappa shape index (κ2) is 25.9. The third-order valence-corrected chi connectivity index (χ3v) is 4.22. The first kappa shape index (κ1) is 24.2. The van der Waals surface area contributed by atoms with Crippen LogP contribution in [0, 0.1) is 0 Å². The first-order valence-corrected chi connectivity index (χ1v) is 10.4. The summed E-state index contributed by atoms with van der Waals surface area (Å²) in [5, 5.41) is 8.20. The van der Waals surface area contributed by atoms with E-state index in [1.165, 1.54) is 96.3 Å². The number of unbranched alkanes of at least 4 members (excludes halogenated alkanes) is 15. The van der Waals surface area contributed by atoms with Crippen LogP contribution in [0.15, 0.2) is 0 Å². The minimum atomic E-state index is 0.355. The largest absolute Gasteiger partial charge is 0.396 e. The molecule has 0 aliphatic heterocycles. The van der Waals surface area contributed by atoms with Crippen LogP contribution in [0.3, 0.4) is 0 Å². The molecule has 0 aromatic rings. The van der Waals surface area contributed by atoms with Crippen LogP contribution in [-0.2, 0) is 0 Å². The quantitative estimate of drug-likeness (QED) is 0.290. The zero-order valence-electron chi connectivity index (χ0n) is 16.2. The molecule has 136 valence electrons. The van der Waals surface area contributed by atoms with E-state index in [4.69, 9.17) is 5.11 Å². The van der Waals surface area contributed by atoms with Crippen LogP contribution in [0.4, 0.5) is 0 Å². The SMILES string of the molecule is CCCCCCCCCCCCCCCC.CCCCCO. The van der Waals surface area contributed by atoms with Gasteiger partial charge in [0.1, 0.15) is 0 Å². The fraction of sp³-hybridized carbons (Fsp3) is 1.00. The summed E-state index contributed by atoms with van der Waals surface area (Å²) in [5.41, 5.74) is 0. The van der Waals surface area contributed by atoms with Crippen LogP contribution < -0.4 is 0 Å². The molecular formula is C21H46O. The van der Waals surface area contributed by atoms with Crippen LogP contribution in [0.5, 0.6) is 0 Å². The fourth-order valence-corrected chi connectivity index (χ4v) is 2.63. The maximum absolute atomic E-state index is 8.20. The minimum Gasteiger partial charge on any atom is -0.396 e. The Bertz CT molecular complexity index is 138. The van der Waals surface area contributed by atoms with E-state index in [2.05, 4.69) is 20.8 Å². The Kier molecular flexibility index (Phi) is 28.5. The Hall–Kier alpha value is -0.0400. The van der Waals surface area contributed by atoms with Crippen molar-refractivity contribution in [1.29, 1.82) is 0 Å². The maximum Gasteiger partial charge on any atom is 0.0431 e. The van der Waals surface area contributed by atoms with E-state index < -0.39 is 0 Å². The molecule has 1 nitrogen and oxygen atoms in total. The molecule has 0 rings (SSSR count). The van der Waals surface area contributed by atoms with Gasteiger partial charge in [-0.2, -0.15) is 0 Å². The molecule has 0 bridgehead atoms. The molecule has 0 aromatic heterocycles. The third kappa shape index (κ3) is 28.2. The fourth-order valence-electron chi connectivity index (χ4n) is 2.63. The van der Waals surface area contributed by atoms with E-state index in [1.54, 1.807) is 0 Å². The van der Waals surface area contributed by atoms with Crippen molar-refractivity contribution in [3.05, 3.63) is 0 Å². The molecule has 0 fully saturated rings. The zero-order valence-corrected chi connectivity index (χ0v) is 16.2. The number of rotatable bonds is 16. The van der Waals surface area contributed by atoms with E-state index in [0.717, 1.165) is 12.8 Å². The highest BCUT2D eigenvalue weighted by Crippen LogP contribution is 2.12. The molecule has 0 unspecified atom stereocenters. The van der Waals surface area contributed by atoms with Crippen molar-refractivity contribution >= 4 is 0 Å². The Morgan fingerprint density at radius 2 is 0.591 bits per heavy atom. The van der Waals surface area contributed by atoms with Crippen molar-refractivity contribution in [2.75, 3.05) is 6.61 Å². The van der Waals surface area contributed by atoms with Crippen molar-refractivity contribution in [1.82, 2.24) is 0 Å². The highest BCUT2D eigenvalue weighted by atomic mass is 16.2. The van der Waals surface area contributed by atoms with Crippen molar-refractivity contribution in [2.45, 2.75) is 130 Å². The molecule has 22 heavy (non-hydrogen) atoms. The molecule has 0 amide bonds. The molecular weight excluding hydrogens is 268 g/mol. The lowest BCUT2D eigenvalue weighted by atomic mass is 10.0. The molecule has 0 saturated carbocycles. The van der Waals surface area contributed by atoms with Gasteiger partial charge in [-0.25, -0.2) is 0 Å². The maximum atomic E-state index is 8.20. The number of aliphatic hydroxyl groups is 1. The zero-order chi connectivity index (χ0) is 16.7. The normalized spacial score (nSPS) is 10.4.